The lowest BCUT2D eigenvalue weighted by atomic mass is 9.69. The van der Waals surface area contributed by atoms with E-state index in [9.17, 15) is 23.2 Å². The van der Waals surface area contributed by atoms with E-state index in [4.69, 9.17) is 0 Å². The van der Waals surface area contributed by atoms with Crippen LogP contribution in [0.4, 0.5) is 14.5 Å². The summed E-state index contributed by atoms with van der Waals surface area (Å²) >= 11 is 0. The molecule has 1 atom stereocenters. The molecule has 1 spiro atoms. The molecule has 10 heteroatoms. The van der Waals surface area contributed by atoms with Gasteiger partial charge in [0.1, 0.15) is 6.04 Å². The highest BCUT2D eigenvalue weighted by Gasteiger charge is 2.55. The molecule has 3 saturated heterocycles. The second kappa shape index (κ2) is 7.40. The van der Waals surface area contributed by atoms with Crippen molar-refractivity contribution >= 4 is 28.5 Å². The predicted octanol–water partition coefficient (Wildman–Crippen LogP) is 1.53. The van der Waals surface area contributed by atoms with Crippen molar-refractivity contribution in [3.05, 3.63) is 28.7 Å². The summed E-state index contributed by atoms with van der Waals surface area (Å²) in [5, 5.41) is 5.12. The van der Waals surface area contributed by atoms with Crippen LogP contribution in [0.5, 0.6) is 0 Å². The minimum Gasteiger partial charge on any atom is -0.370 e. The number of imidazole rings is 1. The quantitative estimate of drug-likeness (QED) is 0.682. The van der Waals surface area contributed by atoms with Crippen LogP contribution in [0.3, 0.4) is 0 Å². The van der Waals surface area contributed by atoms with E-state index < -0.39 is 23.3 Å². The summed E-state index contributed by atoms with van der Waals surface area (Å²) in [4.78, 5) is 39.2. The lowest BCUT2D eigenvalue weighted by Gasteiger charge is -2.49. The number of fused-ring (bicyclic) bond motifs is 1. The van der Waals surface area contributed by atoms with Gasteiger partial charge in [-0.1, -0.05) is 6.07 Å². The van der Waals surface area contributed by atoms with E-state index in [0.717, 1.165) is 5.69 Å². The van der Waals surface area contributed by atoms with Gasteiger partial charge in [-0.05, 0) is 44.4 Å². The lowest BCUT2D eigenvalue weighted by molar-refractivity contribution is -0.149. The summed E-state index contributed by atoms with van der Waals surface area (Å²) in [5.41, 5.74) is 0.778. The first-order valence-corrected chi connectivity index (χ1v) is 11.1. The van der Waals surface area contributed by atoms with Gasteiger partial charge in [-0.25, -0.2) is 13.6 Å². The molecule has 1 aromatic carbocycles. The normalized spacial score (nSPS) is 25.3. The lowest BCUT2D eigenvalue weighted by Crippen LogP contribution is -2.58. The van der Waals surface area contributed by atoms with Crippen molar-refractivity contribution in [2.75, 3.05) is 31.1 Å². The summed E-state index contributed by atoms with van der Waals surface area (Å²) < 4.78 is 32.4. The minimum atomic E-state index is -2.73. The maximum absolute atomic E-state index is 14.7. The molecule has 2 aromatic rings. The molecule has 3 aliphatic heterocycles. The number of carbonyl (C=O) groups is 2. The highest BCUT2D eigenvalue weighted by Crippen LogP contribution is 2.49. The van der Waals surface area contributed by atoms with Crippen LogP contribution in [-0.2, 0) is 16.6 Å². The van der Waals surface area contributed by atoms with E-state index in [1.165, 1.54) is 9.13 Å². The van der Waals surface area contributed by atoms with Crippen LogP contribution in [0.25, 0.3) is 11.0 Å². The molecule has 4 heterocycles. The number of carbonyl (C=O) groups excluding carboxylic acids is 2. The van der Waals surface area contributed by atoms with Crippen LogP contribution in [0.1, 0.15) is 38.1 Å². The zero-order valence-electron chi connectivity index (χ0n) is 18.0. The molecule has 1 aromatic heterocycles. The number of piperidine rings is 3. The number of nitrogens with one attached hydrogen (secondary N) is 2. The number of anilines is 1. The van der Waals surface area contributed by atoms with Crippen molar-refractivity contribution in [2.45, 2.75) is 44.1 Å². The molecule has 0 saturated carbocycles. The van der Waals surface area contributed by atoms with Gasteiger partial charge >= 0.3 is 5.69 Å². The van der Waals surface area contributed by atoms with Gasteiger partial charge in [0, 0.05) is 32.0 Å². The molecule has 2 N–H and O–H groups in total. The second-order valence-corrected chi connectivity index (χ2v) is 9.22. The topological polar surface area (TPSA) is 88.4 Å². The molecule has 5 rings (SSSR count). The average molecular weight is 447 g/mol. The molecule has 172 valence electrons. The van der Waals surface area contributed by atoms with Crippen molar-refractivity contribution < 1.29 is 18.4 Å². The third-order valence-corrected chi connectivity index (χ3v) is 7.57. The molecule has 1 unspecified atom stereocenters. The molecule has 3 aliphatic rings. The van der Waals surface area contributed by atoms with Gasteiger partial charge in [-0.2, -0.15) is 0 Å². The number of benzene rings is 1. The number of imide groups is 1. The van der Waals surface area contributed by atoms with Crippen molar-refractivity contribution in [3.8, 4) is 0 Å². The fourth-order valence-corrected chi connectivity index (χ4v) is 5.64. The van der Waals surface area contributed by atoms with Gasteiger partial charge in [0.05, 0.1) is 23.3 Å². The van der Waals surface area contributed by atoms with E-state index >= 15 is 0 Å². The Morgan fingerprint density at radius 2 is 1.84 bits per heavy atom. The van der Waals surface area contributed by atoms with Crippen LogP contribution >= 0.6 is 0 Å². The van der Waals surface area contributed by atoms with Gasteiger partial charge in [-0.3, -0.25) is 24.0 Å². The summed E-state index contributed by atoms with van der Waals surface area (Å²) in [5.74, 6) is -3.54. The Morgan fingerprint density at radius 3 is 2.53 bits per heavy atom. The van der Waals surface area contributed by atoms with E-state index in [-0.39, 0.29) is 31.0 Å². The SMILES string of the molecule is Cn1c(=O)n(C2CCC(=O)NC2=O)c2cccc(N3CCC4(CCNCC4(F)F)CC3)c21. The van der Waals surface area contributed by atoms with Crippen LogP contribution in [0.2, 0.25) is 0 Å². The minimum absolute atomic E-state index is 0.177. The molecule has 0 radical (unpaired) electrons. The molecule has 0 aliphatic carbocycles. The maximum Gasteiger partial charge on any atom is 0.329 e. The average Bonchev–Trinajstić information content (AvgIpc) is 3.02. The molecule has 3 fully saturated rings. The van der Waals surface area contributed by atoms with Crippen molar-refractivity contribution in [1.29, 1.82) is 0 Å². The smallest absolute Gasteiger partial charge is 0.329 e. The number of para-hydroxylation sites is 1. The number of hydrogen-bond donors (Lipinski definition) is 2. The largest absolute Gasteiger partial charge is 0.370 e. The van der Waals surface area contributed by atoms with Crippen LogP contribution in [0.15, 0.2) is 23.0 Å². The number of amides is 2. The Labute approximate surface area is 183 Å². The Balaban J connectivity index is 1.50. The summed E-state index contributed by atoms with van der Waals surface area (Å²) in [6.45, 7) is 1.29. The predicted molar refractivity (Wildman–Crippen MR) is 115 cm³/mol. The Bertz CT molecular complexity index is 1150. The number of rotatable bonds is 2. The Kier molecular flexibility index (Phi) is 4.88. The Hall–Kier alpha value is -2.75. The monoisotopic (exact) mass is 447 g/mol. The number of aromatic nitrogens is 2. The Morgan fingerprint density at radius 1 is 1.09 bits per heavy atom. The van der Waals surface area contributed by atoms with Gasteiger partial charge in [-0.15, -0.1) is 0 Å². The molecule has 8 nitrogen and oxygen atoms in total. The molecule has 32 heavy (non-hydrogen) atoms. The molecular weight excluding hydrogens is 420 g/mol. The number of halogens is 2. The first-order valence-electron chi connectivity index (χ1n) is 11.1. The zero-order valence-corrected chi connectivity index (χ0v) is 18.0. The number of nitrogens with zero attached hydrogens (tertiary/aromatic N) is 3. The van der Waals surface area contributed by atoms with Gasteiger partial charge in [0.25, 0.3) is 5.92 Å². The van der Waals surface area contributed by atoms with Gasteiger partial charge in [0.15, 0.2) is 0 Å². The van der Waals surface area contributed by atoms with E-state index in [0.29, 0.717) is 49.9 Å². The van der Waals surface area contributed by atoms with Crippen molar-refractivity contribution in [1.82, 2.24) is 19.8 Å². The third-order valence-electron chi connectivity index (χ3n) is 7.57. The highest BCUT2D eigenvalue weighted by atomic mass is 19.3. The number of alkyl halides is 2. The number of hydrogen-bond acceptors (Lipinski definition) is 5. The summed E-state index contributed by atoms with van der Waals surface area (Å²) in [6, 6.07) is 4.76. The van der Waals surface area contributed by atoms with Crippen LogP contribution in [0, 0.1) is 5.41 Å². The summed E-state index contributed by atoms with van der Waals surface area (Å²) in [7, 11) is 1.66. The van der Waals surface area contributed by atoms with E-state index in [1.807, 2.05) is 12.1 Å². The standard InChI is InChI=1S/C22H27F2N5O3/c1-27-18-14(28-11-8-21(9-12-28)7-10-25-13-22(21,23)24)3-2-4-15(18)29(20(27)32)16-5-6-17(30)26-19(16)31/h2-4,16,25H,5-13H2,1H3,(H,26,30,31). The van der Waals surface area contributed by atoms with Crippen LogP contribution < -0.4 is 21.2 Å². The van der Waals surface area contributed by atoms with Crippen LogP contribution in [-0.4, -0.2) is 53.1 Å². The first-order chi connectivity index (χ1) is 15.2. The first kappa shape index (κ1) is 21.1. The molecular formula is C22H27F2N5O3. The highest BCUT2D eigenvalue weighted by molar-refractivity contribution is 6.00. The van der Waals surface area contributed by atoms with E-state index in [1.54, 1.807) is 13.1 Å². The van der Waals surface area contributed by atoms with E-state index in [2.05, 4.69) is 15.5 Å². The van der Waals surface area contributed by atoms with Gasteiger partial charge < -0.3 is 10.2 Å². The maximum atomic E-state index is 14.7. The van der Waals surface area contributed by atoms with Gasteiger partial charge in [0.2, 0.25) is 11.8 Å². The fraction of sp³-hybridized carbons (Fsp3) is 0.591. The van der Waals surface area contributed by atoms with Crippen molar-refractivity contribution in [2.24, 2.45) is 12.5 Å². The zero-order chi connectivity index (χ0) is 22.7. The molecule has 0 bridgehead atoms. The third kappa shape index (κ3) is 3.07. The van der Waals surface area contributed by atoms with Crippen molar-refractivity contribution in [3.63, 3.8) is 0 Å². The molecule has 2 amide bonds. The fourth-order valence-electron chi connectivity index (χ4n) is 5.64. The second-order valence-electron chi connectivity index (χ2n) is 9.22. The summed E-state index contributed by atoms with van der Waals surface area (Å²) in [6.07, 6.45) is 1.68. The number of aryl methyl sites for hydroxylation is 1.